The highest BCUT2D eigenvalue weighted by Crippen LogP contribution is 2.30. The maximum absolute atomic E-state index is 12.7. The molecule has 4 rings (SSSR count). The van der Waals surface area contributed by atoms with Crippen LogP contribution in [0.5, 0.6) is 0 Å². The van der Waals surface area contributed by atoms with Crippen molar-refractivity contribution in [3.63, 3.8) is 0 Å². The van der Waals surface area contributed by atoms with Crippen molar-refractivity contribution in [1.82, 2.24) is 20.1 Å². The van der Waals surface area contributed by atoms with Crippen molar-refractivity contribution < 1.29 is 14.3 Å². The number of nitrogens with one attached hydrogen (secondary N) is 1. The lowest BCUT2D eigenvalue weighted by molar-refractivity contribution is -0.0698. The van der Waals surface area contributed by atoms with E-state index >= 15 is 0 Å². The van der Waals surface area contributed by atoms with Crippen molar-refractivity contribution in [2.24, 2.45) is 5.92 Å². The van der Waals surface area contributed by atoms with Crippen LogP contribution in [0.4, 0.5) is 0 Å². The van der Waals surface area contributed by atoms with E-state index in [0.717, 1.165) is 44.7 Å². The molecular weight excluding hydrogens is 308 g/mol. The van der Waals surface area contributed by atoms with E-state index in [1.807, 2.05) is 4.57 Å². The van der Waals surface area contributed by atoms with Crippen molar-refractivity contribution in [2.45, 2.75) is 63.6 Å². The number of ether oxygens (including phenoxy) is 2. The fraction of sp³-hybridized carbons (Fsp3) is 0.824. The van der Waals surface area contributed by atoms with E-state index in [0.29, 0.717) is 25.0 Å². The zero-order valence-corrected chi connectivity index (χ0v) is 14.1. The van der Waals surface area contributed by atoms with Crippen LogP contribution in [0.15, 0.2) is 0 Å². The van der Waals surface area contributed by atoms with Gasteiger partial charge in [0.1, 0.15) is 11.9 Å². The minimum atomic E-state index is -0.137. The van der Waals surface area contributed by atoms with E-state index in [9.17, 15) is 4.79 Å². The molecule has 1 N–H and O–H groups in total. The molecule has 1 aromatic heterocycles. The molecular formula is C17H26N4O3. The highest BCUT2D eigenvalue weighted by Gasteiger charge is 2.32. The molecule has 132 valence electrons. The quantitative estimate of drug-likeness (QED) is 0.879. The highest BCUT2D eigenvalue weighted by atomic mass is 16.5. The Morgan fingerprint density at radius 2 is 2.17 bits per heavy atom. The lowest BCUT2D eigenvalue weighted by atomic mass is 10.1. The van der Waals surface area contributed by atoms with Crippen LogP contribution in [0.1, 0.15) is 55.0 Å². The summed E-state index contributed by atoms with van der Waals surface area (Å²) in [5, 5.41) is 11.5. The molecule has 2 fully saturated rings. The molecule has 1 aromatic rings. The molecule has 0 bridgehead atoms. The van der Waals surface area contributed by atoms with Gasteiger partial charge in [-0.25, -0.2) is 0 Å². The molecule has 1 aliphatic carbocycles. The van der Waals surface area contributed by atoms with E-state index < -0.39 is 0 Å². The van der Waals surface area contributed by atoms with Gasteiger partial charge < -0.3 is 19.4 Å². The van der Waals surface area contributed by atoms with Gasteiger partial charge in [0.15, 0.2) is 0 Å². The minimum absolute atomic E-state index is 0.0104. The van der Waals surface area contributed by atoms with Crippen molar-refractivity contribution in [3.05, 3.63) is 11.6 Å². The first-order chi connectivity index (χ1) is 11.8. The fourth-order valence-corrected chi connectivity index (χ4v) is 3.47. The second-order valence-electron chi connectivity index (χ2n) is 7.16. The van der Waals surface area contributed by atoms with Crippen LogP contribution in [0.25, 0.3) is 0 Å². The van der Waals surface area contributed by atoms with Gasteiger partial charge in [-0.05, 0) is 38.0 Å². The monoisotopic (exact) mass is 334 g/mol. The number of hydrogen-bond acceptors (Lipinski definition) is 5. The summed E-state index contributed by atoms with van der Waals surface area (Å²) < 4.78 is 13.5. The van der Waals surface area contributed by atoms with Crippen molar-refractivity contribution >= 4 is 5.91 Å². The zero-order chi connectivity index (χ0) is 16.4. The number of rotatable bonds is 5. The van der Waals surface area contributed by atoms with Gasteiger partial charge in [-0.15, -0.1) is 10.2 Å². The second-order valence-corrected chi connectivity index (χ2v) is 7.16. The Hall–Kier alpha value is -1.47. The third-order valence-corrected chi connectivity index (χ3v) is 5.18. The van der Waals surface area contributed by atoms with Crippen LogP contribution in [0.2, 0.25) is 0 Å². The predicted octanol–water partition coefficient (Wildman–Crippen LogP) is 1.32. The largest absolute Gasteiger partial charge is 0.379 e. The molecule has 0 spiro atoms. The minimum Gasteiger partial charge on any atom is -0.379 e. The maximum Gasteiger partial charge on any atom is 0.289 e. The number of carbonyl (C=O) groups excluding carboxylic acids is 1. The summed E-state index contributed by atoms with van der Waals surface area (Å²) in [4.78, 5) is 12.7. The first-order valence-electron chi connectivity index (χ1n) is 9.23. The summed E-state index contributed by atoms with van der Waals surface area (Å²) in [7, 11) is 0. The van der Waals surface area contributed by atoms with Crippen LogP contribution < -0.4 is 5.32 Å². The van der Waals surface area contributed by atoms with Gasteiger partial charge in [-0.2, -0.15) is 0 Å². The van der Waals surface area contributed by atoms with E-state index in [-0.39, 0.29) is 18.1 Å². The molecule has 7 heteroatoms. The standard InChI is InChI=1S/C17H26N4O3/c22-17(16-20-19-15-4-2-1-3-8-21(15)16)18-13-7-9-23-11-14(13)24-10-12-5-6-12/h12-14H,1-11H2,(H,18,22)/t13-,14-/m1/s1. The maximum atomic E-state index is 12.7. The van der Waals surface area contributed by atoms with Gasteiger partial charge in [0.2, 0.25) is 5.82 Å². The number of nitrogens with zero attached hydrogens (tertiary/aromatic N) is 3. The summed E-state index contributed by atoms with van der Waals surface area (Å²) >= 11 is 0. The molecule has 24 heavy (non-hydrogen) atoms. The smallest absolute Gasteiger partial charge is 0.289 e. The van der Waals surface area contributed by atoms with Gasteiger partial charge >= 0.3 is 0 Å². The number of aromatic nitrogens is 3. The molecule has 0 radical (unpaired) electrons. The molecule has 3 heterocycles. The number of aryl methyl sites for hydroxylation is 1. The third kappa shape index (κ3) is 3.62. The molecule has 2 atom stereocenters. The lowest BCUT2D eigenvalue weighted by Gasteiger charge is -2.32. The predicted molar refractivity (Wildman–Crippen MR) is 86.7 cm³/mol. The van der Waals surface area contributed by atoms with E-state index in [2.05, 4.69) is 15.5 Å². The molecule has 7 nitrogen and oxygen atoms in total. The molecule has 1 saturated heterocycles. The molecule has 3 aliphatic rings. The van der Waals surface area contributed by atoms with Crippen molar-refractivity contribution in [2.75, 3.05) is 19.8 Å². The summed E-state index contributed by atoms with van der Waals surface area (Å²) in [5.74, 6) is 1.95. The Kier molecular flexibility index (Phi) is 4.80. The van der Waals surface area contributed by atoms with Crippen LogP contribution in [-0.4, -0.2) is 52.6 Å². The average molecular weight is 334 g/mol. The van der Waals surface area contributed by atoms with Crippen molar-refractivity contribution in [1.29, 1.82) is 0 Å². The first kappa shape index (κ1) is 16.0. The van der Waals surface area contributed by atoms with Crippen LogP contribution in [0, 0.1) is 5.92 Å². The molecule has 1 amide bonds. The molecule has 1 saturated carbocycles. The van der Waals surface area contributed by atoms with E-state index in [1.165, 1.54) is 19.3 Å². The van der Waals surface area contributed by atoms with Crippen LogP contribution in [-0.2, 0) is 22.4 Å². The highest BCUT2D eigenvalue weighted by molar-refractivity contribution is 5.91. The number of carbonyl (C=O) groups is 1. The molecule has 0 aromatic carbocycles. The lowest BCUT2D eigenvalue weighted by Crippen LogP contribution is -2.50. The Labute approximate surface area is 142 Å². The zero-order valence-electron chi connectivity index (χ0n) is 14.1. The van der Waals surface area contributed by atoms with Gasteiger partial charge in [0, 0.05) is 26.2 Å². The molecule has 0 unspecified atom stereocenters. The van der Waals surface area contributed by atoms with Gasteiger partial charge in [0.25, 0.3) is 5.91 Å². The average Bonchev–Trinajstić information content (AvgIpc) is 3.38. The third-order valence-electron chi connectivity index (χ3n) is 5.18. The summed E-state index contributed by atoms with van der Waals surface area (Å²) in [6.07, 6.45) is 7.53. The Balaban J connectivity index is 1.41. The van der Waals surface area contributed by atoms with Crippen LogP contribution >= 0.6 is 0 Å². The first-order valence-corrected chi connectivity index (χ1v) is 9.23. The summed E-state index contributed by atoms with van der Waals surface area (Å²) in [5.41, 5.74) is 0. The van der Waals surface area contributed by atoms with E-state index in [1.54, 1.807) is 0 Å². The Morgan fingerprint density at radius 3 is 3.04 bits per heavy atom. The molecule has 2 aliphatic heterocycles. The van der Waals surface area contributed by atoms with Gasteiger partial charge in [-0.1, -0.05) is 6.42 Å². The normalized spacial score (nSPS) is 27.3. The SMILES string of the molecule is O=C(N[C@@H]1CCOC[C@H]1OCC1CC1)c1nnc2n1CCCCC2. The van der Waals surface area contributed by atoms with Gasteiger partial charge in [-0.3, -0.25) is 4.79 Å². The summed E-state index contributed by atoms with van der Waals surface area (Å²) in [6, 6.07) is -0.0104. The van der Waals surface area contributed by atoms with Crippen molar-refractivity contribution in [3.8, 4) is 0 Å². The summed E-state index contributed by atoms with van der Waals surface area (Å²) in [6.45, 7) is 2.82. The Morgan fingerprint density at radius 1 is 1.25 bits per heavy atom. The number of amides is 1. The fourth-order valence-electron chi connectivity index (χ4n) is 3.47. The van der Waals surface area contributed by atoms with Crippen LogP contribution in [0.3, 0.4) is 0 Å². The second kappa shape index (κ2) is 7.19. The van der Waals surface area contributed by atoms with E-state index in [4.69, 9.17) is 9.47 Å². The number of hydrogen-bond donors (Lipinski definition) is 1. The topological polar surface area (TPSA) is 78.3 Å². The van der Waals surface area contributed by atoms with Gasteiger partial charge in [0.05, 0.1) is 12.6 Å². The number of fused-ring (bicyclic) bond motifs is 1. The Bertz CT molecular complexity index is 584.